The van der Waals surface area contributed by atoms with Crippen LogP contribution in [-0.4, -0.2) is 21.9 Å². The lowest BCUT2D eigenvalue weighted by atomic mass is 9.86. The first-order valence-corrected chi connectivity index (χ1v) is 6.83. The number of nitrogens with one attached hydrogen (secondary N) is 1. The number of aryl methyl sites for hydroxylation is 2. The van der Waals surface area contributed by atoms with Crippen molar-refractivity contribution >= 4 is 11.6 Å². The van der Waals surface area contributed by atoms with E-state index in [1.807, 2.05) is 18.7 Å². The van der Waals surface area contributed by atoms with Crippen molar-refractivity contribution in [2.24, 2.45) is 12.5 Å². The van der Waals surface area contributed by atoms with Crippen LogP contribution in [0.4, 0.5) is 0 Å². The highest BCUT2D eigenvalue weighted by Crippen LogP contribution is 2.28. The summed E-state index contributed by atoms with van der Waals surface area (Å²) in [7, 11) is 1.96. The summed E-state index contributed by atoms with van der Waals surface area (Å²) in [5.41, 5.74) is 2.32. The van der Waals surface area contributed by atoms with Gasteiger partial charge < -0.3 is 5.32 Å². The van der Waals surface area contributed by atoms with Gasteiger partial charge in [-0.15, -0.1) is 0 Å². The summed E-state index contributed by atoms with van der Waals surface area (Å²) in [6.07, 6.45) is 0.923. The van der Waals surface area contributed by atoms with Gasteiger partial charge in [0.25, 0.3) is 0 Å². The first-order valence-electron chi connectivity index (χ1n) is 6.45. The minimum Gasteiger partial charge on any atom is -0.312 e. The molecule has 18 heavy (non-hydrogen) atoms. The summed E-state index contributed by atoms with van der Waals surface area (Å²) < 4.78 is 1.90. The number of hydrogen-bond acceptors (Lipinski definition) is 2. The normalized spacial score (nSPS) is 13.1. The van der Waals surface area contributed by atoms with Crippen LogP contribution in [0.25, 0.3) is 0 Å². The third-order valence-electron chi connectivity index (χ3n) is 3.00. The van der Waals surface area contributed by atoms with Crippen molar-refractivity contribution in [2.75, 3.05) is 6.54 Å². The van der Waals surface area contributed by atoms with Gasteiger partial charge in [-0.05, 0) is 39.5 Å². The molecule has 0 saturated carbocycles. The predicted molar refractivity (Wildman–Crippen MR) is 78.2 cm³/mol. The van der Waals surface area contributed by atoms with E-state index in [1.165, 1.54) is 0 Å². The van der Waals surface area contributed by atoms with Crippen molar-refractivity contribution in [2.45, 2.75) is 53.5 Å². The summed E-state index contributed by atoms with van der Waals surface area (Å²) in [6, 6.07) is 0. The number of nitrogens with zero attached hydrogens (tertiary/aromatic N) is 2. The molecule has 1 heterocycles. The van der Waals surface area contributed by atoms with E-state index in [0.717, 1.165) is 29.4 Å². The number of aromatic nitrogens is 2. The van der Waals surface area contributed by atoms with E-state index < -0.39 is 0 Å². The zero-order chi connectivity index (χ0) is 14.1. The Morgan fingerprint density at radius 2 is 1.78 bits per heavy atom. The van der Waals surface area contributed by atoms with Crippen molar-refractivity contribution in [1.29, 1.82) is 0 Å². The molecule has 3 nitrogen and oxygen atoms in total. The van der Waals surface area contributed by atoms with E-state index in [4.69, 9.17) is 11.6 Å². The second kappa shape index (κ2) is 5.22. The molecule has 1 aromatic heterocycles. The number of halogens is 1. The highest BCUT2D eigenvalue weighted by Gasteiger charge is 2.25. The molecule has 1 aromatic rings. The summed E-state index contributed by atoms with van der Waals surface area (Å²) in [4.78, 5) is 0. The fraction of sp³-hybridized carbons (Fsp3) is 0.786. The molecule has 0 aliphatic carbocycles. The number of hydrogen-bond donors (Lipinski definition) is 1. The summed E-state index contributed by atoms with van der Waals surface area (Å²) in [5.74, 6) is 0. The Bertz CT molecular complexity index is 413. The Kier molecular flexibility index (Phi) is 4.50. The Balaban J connectivity index is 2.76. The molecule has 0 unspecified atom stereocenters. The minimum absolute atomic E-state index is 0.142. The van der Waals surface area contributed by atoms with Gasteiger partial charge in [-0.2, -0.15) is 5.10 Å². The van der Waals surface area contributed by atoms with Crippen LogP contribution in [0.15, 0.2) is 0 Å². The molecule has 1 N–H and O–H groups in total. The predicted octanol–water partition coefficient (Wildman–Crippen LogP) is 3.34. The molecule has 104 valence electrons. The SMILES string of the molecule is Cc1nn(C)c(CC(C)(C)CNC(C)(C)C)c1Cl. The highest BCUT2D eigenvalue weighted by atomic mass is 35.5. The molecule has 0 aliphatic heterocycles. The van der Waals surface area contributed by atoms with Crippen molar-refractivity contribution < 1.29 is 0 Å². The van der Waals surface area contributed by atoms with Gasteiger partial charge in [-0.3, -0.25) is 4.68 Å². The zero-order valence-electron chi connectivity index (χ0n) is 12.7. The van der Waals surface area contributed by atoms with Gasteiger partial charge in [0.2, 0.25) is 0 Å². The minimum atomic E-state index is 0.142. The van der Waals surface area contributed by atoms with Gasteiger partial charge in [0.1, 0.15) is 0 Å². The van der Waals surface area contributed by atoms with Crippen molar-refractivity contribution in [3.8, 4) is 0 Å². The molecule has 0 aromatic carbocycles. The Morgan fingerprint density at radius 1 is 1.22 bits per heavy atom. The van der Waals surface area contributed by atoms with Crippen LogP contribution >= 0.6 is 11.6 Å². The van der Waals surface area contributed by atoms with Gasteiger partial charge in [-0.1, -0.05) is 25.4 Å². The van der Waals surface area contributed by atoms with E-state index >= 15 is 0 Å². The van der Waals surface area contributed by atoms with Crippen molar-refractivity contribution in [3.63, 3.8) is 0 Å². The van der Waals surface area contributed by atoms with E-state index in [-0.39, 0.29) is 11.0 Å². The second-order valence-electron chi connectivity index (χ2n) is 6.91. The Labute approximate surface area is 116 Å². The summed E-state index contributed by atoms with van der Waals surface area (Å²) in [5, 5.41) is 8.73. The van der Waals surface area contributed by atoms with Crippen LogP contribution in [0.1, 0.15) is 46.0 Å². The molecule has 0 bridgehead atoms. The quantitative estimate of drug-likeness (QED) is 0.910. The van der Waals surface area contributed by atoms with E-state index in [0.29, 0.717) is 0 Å². The summed E-state index contributed by atoms with van der Waals surface area (Å²) in [6.45, 7) is 14.0. The van der Waals surface area contributed by atoms with Crippen LogP contribution in [0.5, 0.6) is 0 Å². The van der Waals surface area contributed by atoms with Crippen molar-refractivity contribution in [1.82, 2.24) is 15.1 Å². The number of rotatable bonds is 4. The molecule has 0 saturated heterocycles. The van der Waals surface area contributed by atoms with Crippen LogP contribution < -0.4 is 5.32 Å². The average Bonchev–Trinajstić information content (AvgIpc) is 2.41. The molecule has 0 atom stereocenters. The maximum Gasteiger partial charge on any atom is 0.0847 e. The first kappa shape index (κ1) is 15.5. The summed E-state index contributed by atoms with van der Waals surface area (Å²) >= 11 is 6.31. The smallest absolute Gasteiger partial charge is 0.0847 e. The van der Waals surface area contributed by atoms with E-state index in [1.54, 1.807) is 0 Å². The maximum atomic E-state index is 6.31. The molecule has 1 rings (SSSR count). The maximum absolute atomic E-state index is 6.31. The topological polar surface area (TPSA) is 29.9 Å². The lowest BCUT2D eigenvalue weighted by molar-refractivity contribution is 0.284. The van der Waals surface area contributed by atoms with Gasteiger partial charge in [0.05, 0.1) is 16.4 Å². The molecule has 4 heteroatoms. The van der Waals surface area contributed by atoms with E-state index in [2.05, 4.69) is 45.0 Å². The van der Waals surface area contributed by atoms with Gasteiger partial charge >= 0.3 is 0 Å². The monoisotopic (exact) mass is 271 g/mol. The fourth-order valence-electron chi connectivity index (χ4n) is 1.89. The van der Waals surface area contributed by atoms with Gasteiger partial charge in [-0.25, -0.2) is 0 Å². The lowest BCUT2D eigenvalue weighted by Crippen LogP contribution is -2.42. The lowest BCUT2D eigenvalue weighted by Gasteiger charge is -2.30. The molecule has 0 amide bonds. The van der Waals surface area contributed by atoms with E-state index in [9.17, 15) is 0 Å². The molecule has 0 fully saturated rings. The van der Waals surface area contributed by atoms with Crippen LogP contribution in [-0.2, 0) is 13.5 Å². The molecule has 0 radical (unpaired) electrons. The third kappa shape index (κ3) is 4.29. The highest BCUT2D eigenvalue weighted by molar-refractivity contribution is 6.31. The standard InChI is InChI=1S/C14H26ClN3/c1-10-12(15)11(18(7)17-10)8-14(5,6)9-16-13(2,3)4/h16H,8-9H2,1-7H3. The molecule has 0 aliphatic rings. The fourth-order valence-corrected chi connectivity index (χ4v) is 2.12. The first-order chi connectivity index (χ1) is 8.02. The Morgan fingerprint density at radius 3 is 2.17 bits per heavy atom. The largest absolute Gasteiger partial charge is 0.312 e. The zero-order valence-corrected chi connectivity index (χ0v) is 13.4. The van der Waals surface area contributed by atoms with Gasteiger partial charge in [0, 0.05) is 19.1 Å². The molecule has 0 spiro atoms. The second-order valence-corrected chi connectivity index (χ2v) is 7.29. The molecular formula is C14H26ClN3. The van der Waals surface area contributed by atoms with Crippen molar-refractivity contribution in [3.05, 3.63) is 16.4 Å². The third-order valence-corrected chi connectivity index (χ3v) is 3.50. The molecular weight excluding hydrogens is 246 g/mol. The van der Waals surface area contributed by atoms with Crippen LogP contribution in [0.2, 0.25) is 5.02 Å². The van der Waals surface area contributed by atoms with Crippen LogP contribution in [0, 0.1) is 12.3 Å². The van der Waals surface area contributed by atoms with Crippen LogP contribution in [0.3, 0.4) is 0 Å². The van der Waals surface area contributed by atoms with Gasteiger partial charge in [0.15, 0.2) is 0 Å². The Hall–Kier alpha value is -0.540. The average molecular weight is 272 g/mol.